The van der Waals surface area contributed by atoms with Gasteiger partial charge in [-0.1, -0.05) is 0 Å². The second-order valence-corrected chi connectivity index (χ2v) is 5.41. The third-order valence-electron chi connectivity index (χ3n) is 4.19. The number of nitrogens with one attached hydrogen (secondary N) is 1. The first-order chi connectivity index (χ1) is 9.65. The van der Waals surface area contributed by atoms with Crippen molar-refractivity contribution in [1.29, 1.82) is 0 Å². The van der Waals surface area contributed by atoms with Gasteiger partial charge in [-0.25, -0.2) is 4.79 Å². The van der Waals surface area contributed by atoms with Crippen LogP contribution < -0.4 is 10.2 Å². The maximum absolute atomic E-state index is 11.4. The maximum atomic E-state index is 11.4. The van der Waals surface area contributed by atoms with Gasteiger partial charge >= 0.3 is 5.97 Å². The molecule has 1 amide bonds. The van der Waals surface area contributed by atoms with Gasteiger partial charge in [0.2, 0.25) is 5.91 Å². The van der Waals surface area contributed by atoms with Crippen molar-refractivity contribution < 1.29 is 14.7 Å². The molecule has 2 N–H and O–H groups in total. The molecule has 2 saturated heterocycles. The van der Waals surface area contributed by atoms with Gasteiger partial charge < -0.3 is 15.3 Å². The molecule has 0 spiro atoms. The number of aromatic carboxylic acids is 1. The van der Waals surface area contributed by atoms with Crippen LogP contribution in [0.15, 0.2) is 18.5 Å². The first-order valence-electron chi connectivity index (χ1n) is 6.87. The van der Waals surface area contributed by atoms with E-state index in [9.17, 15) is 14.7 Å². The van der Waals surface area contributed by atoms with Crippen LogP contribution in [0.2, 0.25) is 0 Å². The molecule has 1 aromatic rings. The topological polar surface area (TPSA) is 82.5 Å². The molecule has 0 aliphatic carbocycles. The summed E-state index contributed by atoms with van der Waals surface area (Å²) >= 11 is 0. The molecule has 2 atom stereocenters. The Kier molecular flexibility index (Phi) is 3.30. The van der Waals surface area contributed by atoms with Gasteiger partial charge in [-0.2, -0.15) is 0 Å². The number of fused-ring (bicyclic) bond motifs is 1. The molecule has 3 rings (SSSR count). The van der Waals surface area contributed by atoms with Crippen molar-refractivity contribution in [1.82, 2.24) is 10.3 Å². The van der Waals surface area contributed by atoms with Crippen LogP contribution in [-0.2, 0) is 4.79 Å². The first kappa shape index (κ1) is 12.9. The Morgan fingerprint density at radius 2 is 2.30 bits per heavy atom. The highest BCUT2D eigenvalue weighted by Gasteiger charge is 2.34. The van der Waals surface area contributed by atoms with Crippen molar-refractivity contribution in [3.63, 3.8) is 0 Å². The lowest BCUT2D eigenvalue weighted by Gasteiger charge is -2.42. The summed E-state index contributed by atoms with van der Waals surface area (Å²) < 4.78 is 0. The number of carbonyl (C=O) groups excluding carboxylic acids is 1. The van der Waals surface area contributed by atoms with Crippen LogP contribution in [0.25, 0.3) is 0 Å². The molecule has 2 unspecified atom stereocenters. The monoisotopic (exact) mass is 275 g/mol. The zero-order chi connectivity index (χ0) is 14.1. The van der Waals surface area contributed by atoms with E-state index in [1.165, 1.54) is 12.3 Å². The van der Waals surface area contributed by atoms with Crippen molar-refractivity contribution >= 4 is 17.6 Å². The standard InChI is InChI=1S/C14H17N3O3/c18-13-2-1-9-8-17(6-4-11(9)16-13)12-7-15-5-3-10(12)14(19)20/h3,5,7,9,11H,1-2,4,6,8H2,(H,16,18)(H,19,20). The highest BCUT2D eigenvalue weighted by Crippen LogP contribution is 2.30. The number of pyridine rings is 1. The number of carboxylic acid groups (broad SMARTS) is 1. The molecule has 1 aromatic heterocycles. The Balaban J connectivity index is 1.80. The Bertz CT molecular complexity index is 546. The first-order valence-corrected chi connectivity index (χ1v) is 6.87. The fraction of sp³-hybridized carbons (Fsp3) is 0.500. The molecule has 0 radical (unpaired) electrons. The molecule has 2 aliphatic heterocycles. The largest absolute Gasteiger partial charge is 0.478 e. The Morgan fingerprint density at radius 1 is 1.45 bits per heavy atom. The summed E-state index contributed by atoms with van der Waals surface area (Å²) in [6.07, 6.45) is 5.40. The zero-order valence-corrected chi connectivity index (χ0v) is 11.1. The zero-order valence-electron chi connectivity index (χ0n) is 11.1. The van der Waals surface area contributed by atoms with E-state index in [0.29, 0.717) is 23.6 Å². The van der Waals surface area contributed by atoms with E-state index in [1.807, 2.05) is 0 Å². The summed E-state index contributed by atoms with van der Waals surface area (Å²) in [5.74, 6) is -0.405. The predicted octanol–water partition coefficient (Wildman–Crippen LogP) is 0.885. The fourth-order valence-corrected chi connectivity index (χ4v) is 3.15. The maximum Gasteiger partial charge on any atom is 0.337 e. The number of hydrogen-bond acceptors (Lipinski definition) is 4. The van der Waals surface area contributed by atoms with Gasteiger partial charge in [0.05, 0.1) is 17.4 Å². The highest BCUT2D eigenvalue weighted by molar-refractivity contribution is 5.94. The van der Waals surface area contributed by atoms with Crippen LogP contribution in [0.5, 0.6) is 0 Å². The number of aromatic nitrogens is 1. The molecule has 2 fully saturated rings. The summed E-state index contributed by atoms with van der Waals surface area (Å²) in [5, 5.41) is 12.3. The summed E-state index contributed by atoms with van der Waals surface area (Å²) in [6.45, 7) is 1.52. The quantitative estimate of drug-likeness (QED) is 0.837. The molecule has 6 nitrogen and oxygen atoms in total. The summed E-state index contributed by atoms with van der Waals surface area (Å²) in [5.41, 5.74) is 0.966. The molecule has 6 heteroatoms. The third-order valence-corrected chi connectivity index (χ3v) is 4.19. The minimum Gasteiger partial charge on any atom is -0.478 e. The summed E-state index contributed by atoms with van der Waals surface area (Å²) in [7, 11) is 0. The van der Waals surface area contributed by atoms with Gasteiger partial charge in [0.1, 0.15) is 0 Å². The third kappa shape index (κ3) is 2.33. The van der Waals surface area contributed by atoms with Crippen molar-refractivity contribution in [3.05, 3.63) is 24.0 Å². The van der Waals surface area contributed by atoms with Gasteiger partial charge in [-0.3, -0.25) is 9.78 Å². The molecule has 0 bridgehead atoms. The molecule has 0 aromatic carbocycles. The van der Waals surface area contributed by atoms with E-state index in [0.717, 1.165) is 25.9 Å². The molecule has 0 saturated carbocycles. The van der Waals surface area contributed by atoms with Gasteiger partial charge in [0, 0.05) is 31.7 Å². The normalized spacial score (nSPS) is 25.8. The van der Waals surface area contributed by atoms with E-state index in [-0.39, 0.29) is 11.9 Å². The number of rotatable bonds is 2. The van der Waals surface area contributed by atoms with Crippen LogP contribution >= 0.6 is 0 Å². The Hall–Kier alpha value is -2.11. The van der Waals surface area contributed by atoms with Gasteiger partial charge in [0.15, 0.2) is 0 Å². The molecule has 2 aliphatic rings. The van der Waals surface area contributed by atoms with E-state index in [1.54, 1.807) is 6.20 Å². The van der Waals surface area contributed by atoms with Crippen molar-refractivity contribution in [3.8, 4) is 0 Å². The Labute approximate surface area is 116 Å². The molecular formula is C14H17N3O3. The molecule has 20 heavy (non-hydrogen) atoms. The lowest BCUT2D eigenvalue weighted by Crippen LogP contribution is -2.54. The van der Waals surface area contributed by atoms with Gasteiger partial charge in [-0.05, 0) is 24.8 Å². The predicted molar refractivity (Wildman–Crippen MR) is 72.7 cm³/mol. The Morgan fingerprint density at radius 3 is 3.10 bits per heavy atom. The van der Waals surface area contributed by atoms with Crippen LogP contribution in [-0.4, -0.2) is 41.1 Å². The smallest absolute Gasteiger partial charge is 0.337 e. The number of nitrogens with zero attached hydrogens (tertiary/aromatic N) is 2. The lowest BCUT2D eigenvalue weighted by atomic mass is 9.85. The van der Waals surface area contributed by atoms with Crippen molar-refractivity contribution in [2.75, 3.05) is 18.0 Å². The highest BCUT2D eigenvalue weighted by atomic mass is 16.4. The van der Waals surface area contributed by atoms with E-state index in [2.05, 4.69) is 15.2 Å². The minimum atomic E-state index is -0.929. The minimum absolute atomic E-state index is 0.132. The second kappa shape index (κ2) is 5.11. The number of carbonyl (C=O) groups is 2. The van der Waals surface area contributed by atoms with E-state index in [4.69, 9.17) is 0 Å². The van der Waals surface area contributed by atoms with Crippen LogP contribution in [0.4, 0.5) is 5.69 Å². The molecule has 3 heterocycles. The number of anilines is 1. The molecule has 106 valence electrons. The average molecular weight is 275 g/mol. The van der Waals surface area contributed by atoms with Crippen molar-refractivity contribution in [2.24, 2.45) is 5.92 Å². The SMILES string of the molecule is O=C1CCC2CN(c3cnccc3C(=O)O)CCC2N1. The van der Waals surface area contributed by atoms with Crippen LogP contribution in [0, 0.1) is 5.92 Å². The fourth-order valence-electron chi connectivity index (χ4n) is 3.15. The van der Waals surface area contributed by atoms with Gasteiger partial charge in [0.25, 0.3) is 0 Å². The lowest BCUT2D eigenvalue weighted by molar-refractivity contribution is -0.124. The number of hydrogen-bond donors (Lipinski definition) is 2. The van der Waals surface area contributed by atoms with Gasteiger partial charge in [-0.15, -0.1) is 0 Å². The van der Waals surface area contributed by atoms with E-state index >= 15 is 0 Å². The number of carboxylic acids is 1. The van der Waals surface area contributed by atoms with Crippen molar-refractivity contribution in [2.45, 2.75) is 25.3 Å². The second-order valence-electron chi connectivity index (χ2n) is 5.41. The number of amides is 1. The van der Waals surface area contributed by atoms with E-state index < -0.39 is 5.97 Å². The summed E-state index contributed by atoms with van der Waals surface area (Å²) in [6, 6.07) is 1.77. The summed E-state index contributed by atoms with van der Waals surface area (Å²) in [4.78, 5) is 28.8. The van der Waals surface area contributed by atoms with Crippen LogP contribution in [0.1, 0.15) is 29.6 Å². The van der Waals surface area contributed by atoms with Crippen LogP contribution in [0.3, 0.4) is 0 Å². The average Bonchev–Trinajstić information content (AvgIpc) is 2.46. The number of piperidine rings is 2. The molecular weight excluding hydrogens is 258 g/mol.